The van der Waals surface area contributed by atoms with Crippen molar-refractivity contribution in [3.05, 3.63) is 48.2 Å². The molecule has 0 fully saturated rings. The number of benzene rings is 2. The number of carbonyl (C=O) groups excluding carboxylic acids is 1. The summed E-state index contributed by atoms with van der Waals surface area (Å²) in [5.41, 5.74) is 8.16. The van der Waals surface area contributed by atoms with Gasteiger partial charge in [0.05, 0.1) is 27.0 Å². The van der Waals surface area contributed by atoms with Gasteiger partial charge in [0.2, 0.25) is 5.75 Å². The van der Waals surface area contributed by atoms with E-state index in [1.165, 1.54) is 21.3 Å². The first-order valence-electron chi connectivity index (χ1n) is 9.59. The van der Waals surface area contributed by atoms with Crippen molar-refractivity contribution in [1.82, 2.24) is 9.78 Å². The first-order chi connectivity index (χ1) is 15.0. The van der Waals surface area contributed by atoms with Crippen molar-refractivity contribution in [3.8, 4) is 34.3 Å². The molecule has 0 aliphatic carbocycles. The Kier molecular flexibility index (Phi) is 6.99. The zero-order valence-electron chi connectivity index (χ0n) is 18.0. The lowest BCUT2D eigenvalue weighted by Crippen LogP contribution is -2.14. The Hall–Kier alpha value is -3.72. The Bertz CT molecular complexity index is 1040. The second-order valence-electron chi connectivity index (χ2n) is 6.56. The van der Waals surface area contributed by atoms with E-state index in [2.05, 4.69) is 10.4 Å². The summed E-state index contributed by atoms with van der Waals surface area (Å²) in [5.74, 6) is 1.54. The van der Waals surface area contributed by atoms with E-state index in [0.29, 0.717) is 47.4 Å². The number of hydrogen-bond acceptors (Lipinski definition) is 7. The fraction of sp³-hybridized carbons (Fsp3) is 0.273. The van der Waals surface area contributed by atoms with Crippen LogP contribution in [0.4, 0.5) is 5.69 Å². The predicted octanol–water partition coefficient (Wildman–Crippen LogP) is 2.70. The van der Waals surface area contributed by atoms with Crippen LogP contribution in [0.15, 0.2) is 42.6 Å². The lowest BCUT2D eigenvalue weighted by molar-refractivity contribution is 0.102. The van der Waals surface area contributed by atoms with Crippen molar-refractivity contribution in [2.75, 3.05) is 39.8 Å². The number of methoxy groups -OCH3 is 3. The molecule has 2 aromatic carbocycles. The van der Waals surface area contributed by atoms with Crippen LogP contribution in [0.3, 0.4) is 0 Å². The van der Waals surface area contributed by atoms with E-state index in [9.17, 15) is 4.79 Å². The smallest absolute Gasteiger partial charge is 0.255 e. The van der Waals surface area contributed by atoms with Crippen LogP contribution in [0.25, 0.3) is 11.3 Å². The Balaban J connectivity index is 1.94. The Morgan fingerprint density at radius 3 is 2.29 bits per heavy atom. The Morgan fingerprint density at radius 1 is 1.03 bits per heavy atom. The normalized spacial score (nSPS) is 10.5. The van der Waals surface area contributed by atoms with Crippen molar-refractivity contribution in [2.24, 2.45) is 12.8 Å². The van der Waals surface area contributed by atoms with Gasteiger partial charge in [-0.3, -0.25) is 9.48 Å². The highest BCUT2D eigenvalue weighted by molar-refractivity contribution is 6.05. The van der Waals surface area contributed by atoms with Crippen molar-refractivity contribution in [2.45, 2.75) is 0 Å². The van der Waals surface area contributed by atoms with Gasteiger partial charge in [0, 0.05) is 36.6 Å². The van der Waals surface area contributed by atoms with Crippen molar-refractivity contribution < 1.29 is 23.7 Å². The first-order valence-corrected chi connectivity index (χ1v) is 9.59. The molecule has 0 saturated carbocycles. The van der Waals surface area contributed by atoms with E-state index in [-0.39, 0.29) is 5.91 Å². The molecule has 3 aromatic rings. The maximum absolute atomic E-state index is 12.9. The van der Waals surface area contributed by atoms with E-state index < -0.39 is 0 Å². The molecule has 1 heterocycles. The number of rotatable bonds is 9. The second-order valence-corrected chi connectivity index (χ2v) is 6.56. The highest BCUT2D eigenvalue weighted by atomic mass is 16.5. The molecule has 3 N–H and O–H groups in total. The Morgan fingerprint density at radius 2 is 1.74 bits per heavy atom. The number of nitrogens with zero attached hydrogens (tertiary/aromatic N) is 2. The number of amides is 1. The van der Waals surface area contributed by atoms with Crippen LogP contribution in [-0.4, -0.2) is 50.2 Å². The molecule has 0 saturated heterocycles. The first kappa shape index (κ1) is 22.0. The summed E-state index contributed by atoms with van der Waals surface area (Å²) in [6, 6.07) is 10.5. The van der Waals surface area contributed by atoms with Gasteiger partial charge in [-0.2, -0.15) is 5.10 Å². The summed E-state index contributed by atoms with van der Waals surface area (Å²) in [6.45, 7) is 0.770. The minimum atomic E-state index is -0.328. The van der Waals surface area contributed by atoms with E-state index in [1.807, 2.05) is 19.2 Å². The summed E-state index contributed by atoms with van der Waals surface area (Å²) in [4.78, 5) is 12.9. The third-order valence-corrected chi connectivity index (χ3v) is 4.64. The molecule has 3 rings (SSSR count). The predicted molar refractivity (Wildman–Crippen MR) is 117 cm³/mol. The number of aryl methyl sites for hydroxylation is 1. The number of nitrogens with two attached hydrogens (primary N) is 1. The number of ether oxygens (including phenoxy) is 4. The van der Waals surface area contributed by atoms with Gasteiger partial charge < -0.3 is 30.0 Å². The van der Waals surface area contributed by atoms with Gasteiger partial charge in [0.1, 0.15) is 12.4 Å². The van der Waals surface area contributed by atoms with Crippen LogP contribution in [0, 0.1) is 0 Å². The van der Waals surface area contributed by atoms with Crippen LogP contribution in [0.1, 0.15) is 10.4 Å². The SMILES string of the molecule is COc1cc(C(=O)Nc2ccc(OCCN)c(-c3ccnn3C)c2)cc(OC)c1OC. The zero-order chi connectivity index (χ0) is 22.4. The standard InChI is InChI=1S/C22H26N4O5/c1-26-17(7-9-24-26)16-13-15(5-6-18(16)31-10-8-23)25-22(27)14-11-19(28-2)21(30-4)20(12-14)29-3/h5-7,9,11-13H,8,10,23H2,1-4H3,(H,25,27). The molecule has 9 nitrogen and oxygen atoms in total. The van der Waals surface area contributed by atoms with Gasteiger partial charge in [-0.05, 0) is 36.4 Å². The average molecular weight is 426 g/mol. The maximum Gasteiger partial charge on any atom is 0.255 e. The van der Waals surface area contributed by atoms with Gasteiger partial charge >= 0.3 is 0 Å². The summed E-state index contributed by atoms with van der Waals surface area (Å²) in [6.07, 6.45) is 1.70. The Labute approximate surface area is 180 Å². The number of anilines is 1. The zero-order valence-corrected chi connectivity index (χ0v) is 18.0. The van der Waals surface area contributed by atoms with E-state index in [4.69, 9.17) is 24.7 Å². The number of carbonyl (C=O) groups is 1. The fourth-order valence-electron chi connectivity index (χ4n) is 3.16. The van der Waals surface area contributed by atoms with Crippen LogP contribution < -0.4 is 30.0 Å². The van der Waals surface area contributed by atoms with E-state index in [1.54, 1.807) is 35.1 Å². The highest BCUT2D eigenvalue weighted by Gasteiger charge is 2.18. The third kappa shape index (κ3) is 4.72. The monoisotopic (exact) mass is 426 g/mol. The van der Waals surface area contributed by atoms with Gasteiger partial charge in [0.15, 0.2) is 11.5 Å². The number of hydrogen-bond donors (Lipinski definition) is 2. The molecule has 164 valence electrons. The minimum absolute atomic E-state index is 0.328. The largest absolute Gasteiger partial charge is 0.493 e. The van der Waals surface area contributed by atoms with Gasteiger partial charge in [-0.15, -0.1) is 0 Å². The minimum Gasteiger partial charge on any atom is -0.493 e. The fourth-order valence-corrected chi connectivity index (χ4v) is 3.16. The summed E-state index contributed by atoms with van der Waals surface area (Å²) in [7, 11) is 6.34. The molecule has 0 radical (unpaired) electrons. The van der Waals surface area contributed by atoms with Crippen molar-refractivity contribution in [1.29, 1.82) is 0 Å². The van der Waals surface area contributed by atoms with Crippen molar-refractivity contribution in [3.63, 3.8) is 0 Å². The van der Waals surface area contributed by atoms with E-state index >= 15 is 0 Å². The van der Waals surface area contributed by atoms with Crippen LogP contribution >= 0.6 is 0 Å². The van der Waals surface area contributed by atoms with Crippen molar-refractivity contribution >= 4 is 11.6 Å². The van der Waals surface area contributed by atoms with Gasteiger partial charge in [0.25, 0.3) is 5.91 Å². The maximum atomic E-state index is 12.9. The van der Waals surface area contributed by atoms with Crippen LogP contribution in [-0.2, 0) is 7.05 Å². The summed E-state index contributed by atoms with van der Waals surface area (Å²) >= 11 is 0. The molecule has 9 heteroatoms. The summed E-state index contributed by atoms with van der Waals surface area (Å²) in [5, 5.41) is 7.12. The number of nitrogens with one attached hydrogen (secondary N) is 1. The summed E-state index contributed by atoms with van der Waals surface area (Å²) < 4.78 is 23.5. The molecule has 0 unspecified atom stereocenters. The molecule has 1 aromatic heterocycles. The lowest BCUT2D eigenvalue weighted by atomic mass is 10.1. The second kappa shape index (κ2) is 9.86. The molecular formula is C22H26N4O5. The van der Waals surface area contributed by atoms with E-state index in [0.717, 1.165) is 11.3 Å². The average Bonchev–Trinajstić information content (AvgIpc) is 3.22. The molecule has 1 amide bonds. The molecular weight excluding hydrogens is 400 g/mol. The molecule has 0 aliphatic rings. The topological polar surface area (TPSA) is 110 Å². The number of aromatic nitrogens is 2. The third-order valence-electron chi connectivity index (χ3n) is 4.64. The lowest BCUT2D eigenvalue weighted by Gasteiger charge is -2.15. The molecule has 31 heavy (non-hydrogen) atoms. The quantitative estimate of drug-likeness (QED) is 0.541. The van der Waals surface area contributed by atoms with Crippen LogP contribution in [0.5, 0.6) is 23.0 Å². The molecule has 0 bridgehead atoms. The highest BCUT2D eigenvalue weighted by Crippen LogP contribution is 2.38. The molecule has 0 spiro atoms. The van der Waals surface area contributed by atoms with Gasteiger partial charge in [-0.25, -0.2) is 0 Å². The molecule has 0 aliphatic heterocycles. The van der Waals surface area contributed by atoms with Gasteiger partial charge in [-0.1, -0.05) is 0 Å². The van der Waals surface area contributed by atoms with Crippen LogP contribution in [0.2, 0.25) is 0 Å². The molecule has 0 atom stereocenters.